The molecule has 0 aliphatic carbocycles. The number of fused-ring (bicyclic) bond motifs is 1. The number of likely N-dealkylation sites (N-methyl/N-ethyl adjacent to an activating group) is 1. The maximum absolute atomic E-state index is 10.7. The van der Waals surface area contributed by atoms with Crippen LogP contribution in [0.3, 0.4) is 0 Å². The molecule has 0 aromatic heterocycles. The van der Waals surface area contributed by atoms with Gasteiger partial charge in [0.25, 0.3) is 0 Å². The third-order valence-corrected chi connectivity index (χ3v) is 3.32. The molecule has 0 radical (unpaired) electrons. The molecule has 0 fully saturated rings. The van der Waals surface area contributed by atoms with Gasteiger partial charge in [-0.2, -0.15) is 0 Å². The van der Waals surface area contributed by atoms with Gasteiger partial charge in [0.15, 0.2) is 0 Å². The number of allylic oxidation sites excluding steroid dienone is 1. The van der Waals surface area contributed by atoms with E-state index >= 15 is 0 Å². The SMILES string of the molecule is C=C1N(C)c2cc(C=O)ccc2C1(C)C. The molecule has 0 N–H and O–H groups in total. The number of aldehydes is 1. The van der Waals surface area contributed by atoms with Crippen molar-refractivity contribution in [2.24, 2.45) is 0 Å². The van der Waals surface area contributed by atoms with Crippen molar-refractivity contribution in [2.45, 2.75) is 19.3 Å². The third kappa shape index (κ3) is 1.21. The fraction of sp³-hybridized carbons (Fsp3) is 0.308. The normalized spacial score (nSPS) is 17.8. The molecule has 1 aliphatic rings. The third-order valence-electron chi connectivity index (χ3n) is 3.32. The quantitative estimate of drug-likeness (QED) is 0.651. The number of nitrogens with zero attached hydrogens (tertiary/aromatic N) is 1. The molecular weight excluding hydrogens is 186 g/mol. The average molecular weight is 201 g/mol. The first-order valence-corrected chi connectivity index (χ1v) is 5.01. The molecule has 0 unspecified atom stereocenters. The summed E-state index contributed by atoms with van der Waals surface area (Å²) < 4.78 is 0. The first-order valence-electron chi connectivity index (χ1n) is 5.01. The van der Waals surface area contributed by atoms with Crippen LogP contribution in [0.15, 0.2) is 30.5 Å². The molecule has 0 amide bonds. The minimum Gasteiger partial charge on any atom is -0.348 e. The zero-order chi connectivity index (χ0) is 11.2. The van der Waals surface area contributed by atoms with Crippen molar-refractivity contribution in [1.82, 2.24) is 0 Å². The summed E-state index contributed by atoms with van der Waals surface area (Å²) in [6.07, 6.45) is 0.877. The predicted octanol–water partition coefficient (Wildman–Crippen LogP) is 2.74. The van der Waals surface area contributed by atoms with Crippen LogP contribution in [-0.4, -0.2) is 13.3 Å². The van der Waals surface area contributed by atoms with Crippen LogP contribution >= 0.6 is 0 Å². The van der Waals surface area contributed by atoms with Gasteiger partial charge in [0.2, 0.25) is 0 Å². The summed E-state index contributed by atoms with van der Waals surface area (Å²) >= 11 is 0. The molecule has 1 heterocycles. The van der Waals surface area contributed by atoms with E-state index in [1.807, 2.05) is 25.2 Å². The Balaban J connectivity index is 2.66. The number of hydrogen-bond acceptors (Lipinski definition) is 2. The highest BCUT2D eigenvalue weighted by atomic mass is 16.1. The minimum absolute atomic E-state index is 0.0362. The molecule has 1 aromatic rings. The van der Waals surface area contributed by atoms with Crippen molar-refractivity contribution >= 4 is 12.0 Å². The summed E-state index contributed by atoms with van der Waals surface area (Å²) in [5.74, 6) is 0. The molecule has 2 rings (SSSR count). The van der Waals surface area contributed by atoms with E-state index in [0.29, 0.717) is 5.56 Å². The molecule has 0 bridgehead atoms. The van der Waals surface area contributed by atoms with Gasteiger partial charge in [0.1, 0.15) is 6.29 Å². The van der Waals surface area contributed by atoms with Gasteiger partial charge in [-0.05, 0) is 11.6 Å². The van der Waals surface area contributed by atoms with E-state index in [1.165, 1.54) is 5.56 Å². The van der Waals surface area contributed by atoms with Gasteiger partial charge in [-0.25, -0.2) is 0 Å². The van der Waals surface area contributed by atoms with Crippen LogP contribution in [0, 0.1) is 0 Å². The molecular formula is C13H15NO. The van der Waals surface area contributed by atoms with Crippen LogP contribution < -0.4 is 4.90 Å². The average Bonchev–Trinajstić information content (AvgIpc) is 2.40. The number of rotatable bonds is 1. The summed E-state index contributed by atoms with van der Waals surface area (Å²) in [4.78, 5) is 12.8. The number of carbonyl (C=O) groups excluding carboxylic acids is 1. The molecule has 2 nitrogen and oxygen atoms in total. The van der Waals surface area contributed by atoms with Crippen LogP contribution in [0.4, 0.5) is 5.69 Å². The van der Waals surface area contributed by atoms with Crippen molar-refractivity contribution in [2.75, 3.05) is 11.9 Å². The van der Waals surface area contributed by atoms with Gasteiger partial charge >= 0.3 is 0 Å². The molecule has 0 saturated heterocycles. The van der Waals surface area contributed by atoms with Gasteiger partial charge < -0.3 is 4.90 Å². The first kappa shape index (κ1) is 9.97. The predicted molar refractivity (Wildman–Crippen MR) is 62.4 cm³/mol. The lowest BCUT2D eigenvalue weighted by atomic mass is 9.84. The monoisotopic (exact) mass is 201 g/mol. The van der Waals surface area contributed by atoms with Crippen LogP contribution in [0.2, 0.25) is 0 Å². The highest BCUT2D eigenvalue weighted by molar-refractivity contribution is 5.81. The Morgan fingerprint density at radius 2 is 2.07 bits per heavy atom. The second kappa shape index (κ2) is 2.96. The van der Waals surface area contributed by atoms with E-state index in [4.69, 9.17) is 0 Å². The number of hydrogen-bond donors (Lipinski definition) is 0. The van der Waals surface area contributed by atoms with Gasteiger partial charge in [0, 0.05) is 29.4 Å². The van der Waals surface area contributed by atoms with Gasteiger partial charge in [-0.1, -0.05) is 32.6 Å². The summed E-state index contributed by atoms with van der Waals surface area (Å²) in [5, 5.41) is 0. The lowest BCUT2D eigenvalue weighted by Gasteiger charge is -2.22. The Kier molecular flexibility index (Phi) is 1.97. The lowest BCUT2D eigenvalue weighted by molar-refractivity contribution is 0.112. The topological polar surface area (TPSA) is 20.3 Å². The summed E-state index contributed by atoms with van der Waals surface area (Å²) in [7, 11) is 1.99. The minimum atomic E-state index is -0.0362. The number of carbonyl (C=O) groups is 1. The zero-order valence-electron chi connectivity index (χ0n) is 9.37. The van der Waals surface area contributed by atoms with Gasteiger partial charge in [0.05, 0.1) is 0 Å². The van der Waals surface area contributed by atoms with Crippen LogP contribution in [0.5, 0.6) is 0 Å². The Hall–Kier alpha value is -1.57. The van der Waals surface area contributed by atoms with Crippen molar-refractivity contribution in [3.63, 3.8) is 0 Å². The van der Waals surface area contributed by atoms with E-state index in [1.54, 1.807) is 0 Å². The van der Waals surface area contributed by atoms with Gasteiger partial charge in [-0.3, -0.25) is 4.79 Å². The van der Waals surface area contributed by atoms with E-state index in [9.17, 15) is 4.79 Å². The Labute approximate surface area is 90.2 Å². The van der Waals surface area contributed by atoms with Crippen LogP contribution in [0.1, 0.15) is 29.8 Å². The zero-order valence-corrected chi connectivity index (χ0v) is 9.37. The molecule has 0 spiro atoms. The first-order chi connectivity index (χ1) is 6.98. The number of anilines is 1. The summed E-state index contributed by atoms with van der Waals surface area (Å²) in [6, 6.07) is 5.80. The van der Waals surface area contributed by atoms with Crippen molar-refractivity contribution < 1.29 is 4.79 Å². The van der Waals surface area contributed by atoms with Crippen molar-refractivity contribution in [3.05, 3.63) is 41.6 Å². The molecule has 1 aromatic carbocycles. The smallest absolute Gasteiger partial charge is 0.150 e. The van der Waals surface area contributed by atoms with E-state index in [-0.39, 0.29) is 5.41 Å². The second-order valence-electron chi connectivity index (χ2n) is 4.53. The number of benzene rings is 1. The highest BCUT2D eigenvalue weighted by Gasteiger charge is 2.36. The molecule has 2 heteroatoms. The molecule has 0 atom stereocenters. The Morgan fingerprint density at radius 1 is 1.40 bits per heavy atom. The lowest BCUT2D eigenvalue weighted by Crippen LogP contribution is -2.21. The molecule has 78 valence electrons. The Morgan fingerprint density at radius 3 is 2.67 bits per heavy atom. The van der Waals surface area contributed by atoms with Crippen LogP contribution in [-0.2, 0) is 5.41 Å². The Bertz CT molecular complexity index is 446. The largest absolute Gasteiger partial charge is 0.348 e. The maximum atomic E-state index is 10.7. The van der Waals surface area contributed by atoms with Crippen LogP contribution in [0.25, 0.3) is 0 Å². The van der Waals surface area contributed by atoms with Crippen molar-refractivity contribution in [3.8, 4) is 0 Å². The van der Waals surface area contributed by atoms with E-state index < -0.39 is 0 Å². The molecule has 1 aliphatic heterocycles. The molecule has 15 heavy (non-hydrogen) atoms. The van der Waals surface area contributed by atoms with Crippen molar-refractivity contribution in [1.29, 1.82) is 0 Å². The van der Waals surface area contributed by atoms with E-state index in [0.717, 1.165) is 17.7 Å². The fourth-order valence-corrected chi connectivity index (χ4v) is 2.15. The summed E-state index contributed by atoms with van der Waals surface area (Å²) in [6.45, 7) is 8.40. The van der Waals surface area contributed by atoms with E-state index in [2.05, 4.69) is 25.3 Å². The summed E-state index contributed by atoms with van der Waals surface area (Å²) in [5.41, 5.74) is 4.08. The van der Waals surface area contributed by atoms with Gasteiger partial charge in [-0.15, -0.1) is 0 Å². The highest BCUT2D eigenvalue weighted by Crippen LogP contribution is 2.45. The fourth-order valence-electron chi connectivity index (χ4n) is 2.15. The maximum Gasteiger partial charge on any atom is 0.150 e. The standard InChI is InChI=1S/C13H15NO/c1-9-13(2,3)11-6-5-10(8-15)7-12(11)14(9)4/h5-8H,1H2,2-4H3. The molecule has 0 saturated carbocycles. The second-order valence-corrected chi connectivity index (χ2v) is 4.53.